The number of aliphatic hydroxyl groups is 1. The van der Waals surface area contributed by atoms with Gasteiger partial charge in [0.2, 0.25) is 5.91 Å². The lowest BCUT2D eigenvalue weighted by atomic mass is 10.1. The summed E-state index contributed by atoms with van der Waals surface area (Å²) in [6.45, 7) is 1.70. The molecule has 106 valence electrons. The van der Waals surface area contributed by atoms with Gasteiger partial charge in [0.1, 0.15) is 11.6 Å². The smallest absolute Gasteiger partial charge is 0.222 e. The summed E-state index contributed by atoms with van der Waals surface area (Å²) >= 11 is 0. The van der Waals surface area contributed by atoms with Gasteiger partial charge in [0.15, 0.2) is 0 Å². The first kappa shape index (κ1) is 15.6. The third-order valence-corrected chi connectivity index (χ3v) is 3.18. The van der Waals surface area contributed by atoms with Gasteiger partial charge in [-0.2, -0.15) is 0 Å². The molecule has 0 radical (unpaired) electrons. The van der Waals surface area contributed by atoms with E-state index in [1.165, 1.54) is 4.90 Å². The molecule has 1 amide bonds. The van der Waals surface area contributed by atoms with Crippen molar-refractivity contribution < 1.29 is 18.7 Å². The normalized spacial score (nSPS) is 12.3. The Morgan fingerprint density at radius 1 is 1.37 bits per heavy atom. The summed E-state index contributed by atoms with van der Waals surface area (Å²) in [4.78, 5) is 13.3. The highest BCUT2D eigenvalue weighted by atomic mass is 19.1. The van der Waals surface area contributed by atoms with E-state index in [1.54, 1.807) is 14.0 Å². The molecule has 1 rings (SSSR count). The summed E-state index contributed by atoms with van der Waals surface area (Å²) in [7, 11) is 1.57. The quantitative estimate of drug-likeness (QED) is 0.808. The molecule has 0 heterocycles. The Labute approximate surface area is 111 Å². The van der Waals surface area contributed by atoms with Crippen LogP contribution in [0.1, 0.15) is 37.8 Å². The zero-order valence-corrected chi connectivity index (χ0v) is 11.2. The molecule has 0 aromatic heterocycles. The molecule has 3 nitrogen and oxygen atoms in total. The van der Waals surface area contributed by atoms with Crippen molar-refractivity contribution in [1.82, 2.24) is 4.90 Å². The first-order valence-corrected chi connectivity index (χ1v) is 6.28. The molecule has 0 saturated carbocycles. The van der Waals surface area contributed by atoms with Gasteiger partial charge in [0.05, 0.1) is 6.04 Å². The van der Waals surface area contributed by atoms with Gasteiger partial charge in [-0.1, -0.05) is 0 Å². The third-order valence-electron chi connectivity index (χ3n) is 3.18. The molecule has 0 aliphatic heterocycles. The van der Waals surface area contributed by atoms with Crippen LogP contribution in [0.3, 0.4) is 0 Å². The summed E-state index contributed by atoms with van der Waals surface area (Å²) in [5.74, 6) is -1.20. The number of amides is 1. The molecule has 5 heteroatoms. The van der Waals surface area contributed by atoms with E-state index < -0.39 is 17.7 Å². The molecule has 0 saturated heterocycles. The van der Waals surface area contributed by atoms with Crippen LogP contribution in [0, 0.1) is 11.6 Å². The highest BCUT2D eigenvalue weighted by Crippen LogP contribution is 2.23. The zero-order valence-electron chi connectivity index (χ0n) is 11.2. The van der Waals surface area contributed by atoms with Gasteiger partial charge in [-0.05, 0) is 38.0 Å². The Morgan fingerprint density at radius 2 is 2.05 bits per heavy atom. The predicted octanol–water partition coefficient (Wildman–Crippen LogP) is 2.65. The van der Waals surface area contributed by atoms with Crippen molar-refractivity contribution in [2.45, 2.75) is 32.2 Å². The van der Waals surface area contributed by atoms with E-state index in [-0.39, 0.29) is 18.1 Å². The molecule has 1 unspecified atom stereocenters. The number of benzene rings is 1. The van der Waals surface area contributed by atoms with Gasteiger partial charge in [-0.15, -0.1) is 0 Å². The SMILES string of the molecule is CC(c1cc(F)ccc1F)N(C)C(=O)CCCCO. The summed E-state index contributed by atoms with van der Waals surface area (Å²) in [5, 5.41) is 8.66. The summed E-state index contributed by atoms with van der Waals surface area (Å²) < 4.78 is 26.7. The Bertz CT molecular complexity index is 437. The highest BCUT2D eigenvalue weighted by Gasteiger charge is 2.20. The van der Waals surface area contributed by atoms with Crippen molar-refractivity contribution in [3.05, 3.63) is 35.4 Å². The number of hydrogen-bond acceptors (Lipinski definition) is 2. The molecule has 1 aromatic rings. The van der Waals surface area contributed by atoms with E-state index in [1.807, 2.05) is 0 Å². The average Bonchev–Trinajstić information content (AvgIpc) is 2.40. The first-order chi connectivity index (χ1) is 8.97. The van der Waals surface area contributed by atoms with Crippen LogP contribution in [0.5, 0.6) is 0 Å². The first-order valence-electron chi connectivity index (χ1n) is 6.28. The molecule has 0 bridgehead atoms. The van der Waals surface area contributed by atoms with Gasteiger partial charge < -0.3 is 10.0 Å². The maximum atomic E-state index is 13.6. The third kappa shape index (κ3) is 4.28. The van der Waals surface area contributed by atoms with Crippen LogP contribution in [0.4, 0.5) is 8.78 Å². The van der Waals surface area contributed by atoms with E-state index in [9.17, 15) is 13.6 Å². The number of nitrogens with zero attached hydrogens (tertiary/aromatic N) is 1. The zero-order chi connectivity index (χ0) is 14.4. The summed E-state index contributed by atoms with van der Waals surface area (Å²) in [6.07, 6.45) is 1.43. The van der Waals surface area contributed by atoms with Crippen molar-refractivity contribution in [1.29, 1.82) is 0 Å². The second-order valence-corrected chi connectivity index (χ2v) is 4.53. The fourth-order valence-electron chi connectivity index (χ4n) is 1.82. The Morgan fingerprint density at radius 3 is 2.68 bits per heavy atom. The van der Waals surface area contributed by atoms with E-state index >= 15 is 0 Å². The molecule has 1 N–H and O–H groups in total. The largest absolute Gasteiger partial charge is 0.396 e. The summed E-state index contributed by atoms with van der Waals surface area (Å²) in [6, 6.07) is 2.69. The lowest BCUT2D eigenvalue weighted by molar-refractivity contribution is -0.132. The summed E-state index contributed by atoms with van der Waals surface area (Å²) in [5.41, 5.74) is 0.165. The molecule has 1 atom stereocenters. The minimum Gasteiger partial charge on any atom is -0.396 e. The van der Waals surface area contributed by atoms with Crippen LogP contribution in [0.25, 0.3) is 0 Å². The Hall–Kier alpha value is -1.49. The van der Waals surface area contributed by atoms with Crippen LogP contribution in [0.15, 0.2) is 18.2 Å². The van der Waals surface area contributed by atoms with Gasteiger partial charge >= 0.3 is 0 Å². The van der Waals surface area contributed by atoms with Crippen LogP contribution in [0.2, 0.25) is 0 Å². The van der Waals surface area contributed by atoms with Crippen LogP contribution in [-0.4, -0.2) is 29.6 Å². The standard InChI is InChI=1S/C14H19F2NO2/c1-10(12-9-11(15)6-7-13(12)16)17(2)14(19)5-3-4-8-18/h6-7,9-10,18H,3-5,8H2,1-2H3. The number of halogens is 2. The molecule has 1 aromatic carbocycles. The second-order valence-electron chi connectivity index (χ2n) is 4.53. The minimum atomic E-state index is -0.530. The fourth-order valence-corrected chi connectivity index (χ4v) is 1.82. The van der Waals surface area contributed by atoms with Gasteiger partial charge in [-0.25, -0.2) is 8.78 Å². The number of aliphatic hydroxyl groups excluding tert-OH is 1. The molecule has 0 fully saturated rings. The lowest BCUT2D eigenvalue weighted by Crippen LogP contribution is -2.30. The molecule has 19 heavy (non-hydrogen) atoms. The average molecular weight is 271 g/mol. The minimum absolute atomic E-state index is 0.0467. The van der Waals surface area contributed by atoms with Crippen LogP contribution >= 0.6 is 0 Å². The predicted molar refractivity (Wildman–Crippen MR) is 68.5 cm³/mol. The molecular formula is C14H19F2NO2. The van der Waals surface area contributed by atoms with E-state index in [0.29, 0.717) is 19.3 Å². The molecular weight excluding hydrogens is 252 g/mol. The fraction of sp³-hybridized carbons (Fsp3) is 0.500. The van der Waals surface area contributed by atoms with Crippen LogP contribution in [-0.2, 0) is 4.79 Å². The Kier molecular flexibility index (Phi) is 5.89. The van der Waals surface area contributed by atoms with Crippen molar-refractivity contribution in [3.8, 4) is 0 Å². The number of carbonyl (C=O) groups excluding carboxylic acids is 1. The Balaban J connectivity index is 2.72. The van der Waals surface area contributed by atoms with Crippen molar-refractivity contribution in [2.24, 2.45) is 0 Å². The highest BCUT2D eigenvalue weighted by molar-refractivity contribution is 5.76. The number of rotatable bonds is 6. The van der Waals surface area contributed by atoms with Gasteiger partial charge in [0.25, 0.3) is 0 Å². The number of carbonyl (C=O) groups is 1. The number of unbranched alkanes of at least 4 members (excludes halogenated alkanes) is 1. The van der Waals surface area contributed by atoms with Crippen molar-refractivity contribution in [3.63, 3.8) is 0 Å². The topological polar surface area (TPSA) is 40.5 Å². The van der Waals surface area contributed by atoms with Crippen molar-refractivity contribution >= 4 is 5.91 Å². The molecule has 0 aliphatic rings. The monoisotopic (exact) mass is 271 g/mol. The maximum absolute atomic E-state index is 13.6. The van der Waals surface area contributed by atoms with E-state index in [4.69, 9.17) is 5.11 Å². The molecule has 0 spiro atoms. The van der Waals surface area contributed by atoms with Crippen LogP contribution < -0.4 is 0 Å². The maximum Gasteiger partial charge on any atom is 0.222 e. The van der Waals surface area contributed by atoms with E-state index in [0.717, 1.165) is 18.2 Å². The lowest BCUT2D eigenvalue weighted by Gasteiger charge is -2.25. The van der Waals surface area contributed by atoms with E-state index in [2.05, 4.69) is 0 Å². The van der Waals surface area contributed by atoms with Gasteiger partial charge in [-0.3, -0.25) is 4.79 Å². The number of hydrogen-bond donors (Lipinski definition) is 1. The molecule has 0 aliphatic carbocycles. The van der Waals surface area contributed by atoms with Gasteiger partial charge in [0, 0.05) is 25.6 Å². The van der Waals surface area contributed by atoms with Crippen molar-refractivity contribution in [2.75, 3.05) is 13.7 Å². The second kappa shape index (κ2) is 7.19.